The van der Waals surface area contributed by atoms with Crippen LogP contribution in [-0.4, -0.2) is 39.9 Å². The van der Waals surface area contributed by atoms with Crippen LogP contribution in [0.5, 0.6) is 0 Å². The highest BCUT2D eigenvalue weighted by atomic mass is 16.5. The molecule has 1 aromatic heterocycles. The number of aromatic nitrogens is 2. The van der Waals surface area contributed by atoms with Gasteiger partial charge in [-0.3, -0.25) is 9.59 Å². The third-order valence-electron chi connectivity index (χ3n) is 4.17. The zero-order valence-corrected chi connectivity index (χ0v) is 14.0. The molecule has 1 aromatic carbocycles. The lowest BCUT2D eigenvalue weighted by atomic mass is 9.98. The van der Waals surface area contributed by atoms with Crippen molar-refractivity contribution in [1.82, 2.24) is 20.4 Å². The van der Waals surface area contributed by atoms with Crippen molar-refractivity contribution in [3.63, 3.8) is 0 Å². The van der Waals surface area contributed by atoms with Gasteiger partial charge < -0.3 is 14.7 Å². The Balaban J connectivity index is 1.52. The zero-order valence-electron chi connectivity index (χ0n) is 14.0. The quantitative estimate of drug-likeness (QED) is 0.805. The molecule has 25 heavy (non-hydrogen) atoms. The maximum absolute atomic E-state index is 12.2. The molecule has 1 unspecified atom stereocenters. The smallest absolute Gasteiger partial charge is 0.246 e. The van der Waals surface area contributed by atoms with E-state index in [0.717, 1.165) is 5.56 Å². The molecule has 0 radical (unpaired) electrons. The number of amides is 2. The van der Waals surface area contributed by atoms with E-state index in [1.165, 1.54) is 6.08 Å². The molecule has 0 spiro atoms. The molecule has 1 fully saturated rings. The van der Waals surface area contributed by atoms with Gasteiger partial charge in [-0.25, -0.2) is 0 Å². The normalized spacial score (nSPS) is 15.3. The van der Waals surface area contributed by atoms with Crippen molar-refractivity contribution in [2.45, 2.75) is 19.4 Å². The van der Waals surface area contributed by atoms with Crippen molar-refractivity contribution in [3.8, 4) is 0 Å². The molecular weight excluding hydrogens is 320 g/mol. The van der Waals surface area contributed by atoms with E-state index >= 15 is 0 Å². The van der Waals surface area contributed by atoms with Crippen LogP contribution >= 0.6 is 0 Å². The summed E-state index contributed by atoms with van der Waals surface area (Å²) in [4.78, 5) is 29.5. The third-order valence-corrected chi connectivity index (χ3v) is 4.17. The molecular formula is C18H20N4O3. The Bertz CT molecular complexity index is 766. The molecule has 7 nitrogen and oxygen atoms in total. The molecule has 1 N–H and O–H groups in total. The first kappa shape index (κ1) is 16.9. The minimum Gasteiger partial charge on any atom is -0.346 e. The standard InChI is InChI=1S/C18H20N4O3/c1-3-16(23)22-10-14(11-22)18(24)19-12(2)17-20-15(25-21-17)9-13-7-5-4-6-8-13/h3-8,12,14H,1,9-11H2,2H3,(H,19,24). The summed E-state index contributed by atoms with van der Waals surface area (Å²) in [6.45, 7) is 6.06. The average molecular weight is 340 g/mol. The van der Waals surface area contributed by atoms with Gasteiger partial charge in [-0.15, -0.1) is 0 Å². The Morgan fingerprint density at radius 2 is 2.12 bits per heavy atom. The lowest BCUT2D eigenvalue weighted by Crippen LogP contribution is -2.55. The Labute approximate surface area is 145 Å². The molecule has 0 bridgehead atoms. The Morgan fingerprint density at radius 1 is 1.40 bits per heavy atom. The second-order valence-corrected chi connectivity index (χ2v) is 6.08. The summed E-state index contributed by atoms with van der Waals surface area (Å²) in [5.41, 5.74) is 1.08. The predicted octanol–water partition coefficient (Wildman–Crippen LogP) is 1.48. The molecule has 2 heterocycles. The number of carbonyl (C=O) groups excluding carboxylic acids is 2. The van der Waals surface area contributed by atoms with E-state index in [9.17, 15) is 9.59 Å². The summed E-state index contributed by atoms with van der Waals surface area (Å²) in [5, 5.41) is 6.81. The lowest BCUT2D eigenvalue weighted by molar-refractivity contribution is -0.139. The number of carbonyl (C=O) groups is 2. The van der Waals surface area contributed by atoms with Gasteiger partial charge in [-0.1, -0.05) is 42.1 Å². The Morgan fingerprint density at radius 3 is 2.80 bits per heavy atom. The van der Waals surface area contributed by atoms with Gasteiger partial charge in [-0.2, -0.15) is 4.98 Å². The van der Waals surface area contributed by atoms with Crippen LogP contribution in [0.3, 0.4) is 0 Å². The average Bonchev–Trinajstić information content (AvgIpc) is 3.02. The topological polar surface area (TPSA) is 88.3 Å². The van der Waals surface area contributed by atoms with Crippen LogP contribution in [0, 0.1) is 5.92 Å². The van der Waals surface area contributed by atoms with E-state index in [2.05, 4.69) is 22.0 Å². The first-order valence-electron chi connectivity index (χ1n) is 8.15. The fourth-order valence-electron chi connectivity index (χ4n) is 2.64. The van der Waals surface area contributed by atoms with Gasteiger partial charge in [0.05, 0.1) is 18.4 Å². The van der Waals surface area contributed by atoms with Crippen LogP contribution in [0.15, 0.2) is 47.5 Å². The number of nitrogens with one attached hydrogen (secondary N) is 1. The van der Waals surface area contributed by atoms with Crippen molar-refractivity contribution < 1.29 is 14.1 Å². The molecule has 1 saturated heterocycles. The lowest BCUT2D eigenvalue weighted by Gasteiger charge is -2.37. The van der Waals surface area contributed by atoms with Gasteiger partial charge in [0.2, 0.25) is 17.7 Å². The number of benzene rings is 1. The van der Waals surface area contributed by atoms with Gasteiger partial charge in [0.15, 0.2) is 5.82 Å². The number of nitrogens with zero attached hydrogens (tertiary/aromatic N) is 3. The monoisotopic (exact) mass is 340 g/mol. The van der Waals surface area contributed by atoms with Crippen molar-refractivity contribution in [2.75, 3.05) is 13.1 Å². The fourth-order valence-corrected chi connectivity index (χ4v) is 2.64. The molecule has 2 aromatic rings. The fraction of sp³-hybridized carbons (Fsp3) is 0.333. The van der Waals surface area contributed by atoms with Gasteiger partial charge in [0.1, 0.15) is 0 Å². The molecule has 2 amide bonds. The van der Waals surface area contributed by atoms with Crippen molar-refractivity contribution >= 4 is 11.8 Å². The van der Waals surface area contributed by atoms with Crippen molar-refractivity contribution in [2.24, 2.45) is 5.92 Å². The molecule has 0 saturated carbocycles. The SMILES string of the molecule is C=CC(=O)N1CC(C(=O)NC(C)c2noc(Cc3ccccc3)n2)C1. The molecule has 130 valence electrons. The maximum Gasteiger partial charge on any atom is 0.246 e. The second-order valence-electron chi connectivity index (χ2n) is 6.08. The highest BCUT2D eigenvalue weighted by Gasteiger charge is 2.35. The summed E-state index contributed by atoms with van der Waals surface area (Å²) < 4.78 is 5.26. The summed E-state index contributed by atoms with van der Waals surface area (Å²) >= 11 is 0. The van der Waals surface area contributed by atoms with Gasteiger partial charge in [0.25, 0.3) is 0 Å². The highest BCUT2D eigenvalue weighted by Crippen LogP contribution is 2.18. The molecule has 0 aliphatic carbocycles. The highest BCUT2D eigenvalue weighted by molar-refractivity contribution is 5.90. The first-order chi connectivity index (χ1) is 12.1. The Kier molecular flexibility index (Phi) is 4.92. The molecule has 1 aliphatic rings. The van der Waals surface area contributed by atoms with Crippen molar-refractivity contribution in [1.29, 1.82) is 0 Å². The van der Waals surface area contributed by atoms with E-state index in [1.54, 1.807) is 11.8 Å². The summed E-state index contributed by atoms with van der Waals surface area (Å²) in [6, 6.07) is 9.47. The minimum atomic E-state index is -0.357. The van der Waals surface area contributed by atoms with Crippen LogP contribution in [0.25, 0.3) is 0 Å². The predicted molar refractivity (Wildman–Crippen MR) is 90.4 cm³/mol. The number of rotatable bonds is 6. The molecule has 1 atom stereocenters. The van der Waals surface area contributed by atoms with Gasteiger partial charge >= 0.3 is 0 Å². The second kappa shape index (κ2) is 7.29. The van der Waals surface area contributed by atoms with E-state index in [4.69, 9.17) is 4.52 Å². The van der Waals surface area contributed by atoms with Crippen LogP contribution in [-0.2, 0) is 16.0 Å². The summed E-state index contributed by atoms with van der Waals surface area (Å²) in [6.07, 6.45) is 1.81. The number of hydrogen-bond donors (Lipinski definition) is 1. The maximum atomic E-state index is 12.2. The van der Waals surface area contributed by atoms with Crippen molar-refractivity contribution in [3.05, 3.63) is 60.3 Å². The molecule has 7 heteroatoms. The van der Waals surface area contributed by atoms with Crippen LogP contribution in [0.1, 0.15) is 30.2 Å². The van der Waals surface area contributed by atoms with E-state index in [-0.39, 0.29) is 23.8 Å². The largest absolute Gasteiger partial charge is 0.346 e. The number of likely N-dealkylation sites (tertiary alicyclic amines) is 1. The first-order valence-corrected chi connectivity index (χ1v) is 8.15. The third kappa shape index (κ3) is 3.93. The van der Waals surface area contributed by atoms with E-state index in [0.29, 0.717) is 31.2 Å². The van der Waals surface area contributed by atoms with Crippen LogP contribution in [0.4, 0.5) is 0 Å². The zero-order chi connectivity index (χ0) is 17.8. The summed E-state index contributed by atoms with van der Waals surface area (Å²) in [7, 11) is 0. The Hall–Kier alpha value is -2.96. The summed E-state index contributed by atoms with van der Waals surface area (Å²) in [5.74, 6) is 0.476. The number of hydrogen-bond acceptors (Lipinski definition) is 5. The molecule has 1 aliphatic heterocycles. The molecule has 3 rings (SSSR count). The van der Waals surface area contributed by atoms with Gasteiger partial charge in [-0.05, 0) is 18.6 Å². The van der Waals surface area contributed by atoms with Gasteiger partial charge in [0, 0.05) is 13.1 Å². The van der Waals surface area contributed by atoms with Crippen LogP contribution in [0.2, 0.25) is 0 Å². The van der Waals surface area contributed by atoms with E-state index in [1.807, 2.05) is 30.3 Å². The minimum absolute atomic E-state index is 0.116. The van der Waals surface area contributed by atoms with Crippen LogP contribution < -0.4 is 5.32 Å². The van der Waals surface area contributed by atoms with E-state index < -0.39 is 0 Å².